The summed E-state index contributed by atoms with van der Waals surface area (Å²) in [6.07, 6.45) is 3.57. The summed E-state index contributed by atoms with van der Waals surface area (Å²) in [4.78, 5) is 32.3. The molecule has 0 radical (unpaired) electrons. The van der Waals surface area contributed by atoms with Gasteiger partial charge in [0.1, 0.15) is 5.75 Å². The first-order valence-electron chi connectivity index (χ1n) is 8.92. The minimum absolute atomic E-state index is 0.0411. The van der Waals surface area contributed by atoms with Crippen molar-refractivity contribution < 1.29 is 14.3 Å². The number of rotatable bonds is 7. The van der Waals surface area contributed by atoms with Crippen molar-refractivity contribution in [3.05, 3.63) is 59.2 Å². The van der Waals surface area contributed by atoms with Gasteiger partial charge in [0.15, 0.2) is 16.7 Å². The molecule has 0 fully saturated rings. The predicted octanol–water partition coefficient (Wildman–Crippen LogP) is 4.39. The van der Waals surface area contributed by atoms with Crippen molar-refractivity contribution in [1.29, 1.82) is 0 Å². The molecule has 0 bridgehead atoms. The molecule has 7 heteroatoms. The van der Waals surface area contributed by atoms with Crippen LogP contribution in [-0.4, -0.2) is 38.5 Å². The van der Waals surface area contributed by atoms with E-state index in [-0.39, 0.29) is 16.8 Å². The fourth-order valence-electron chi connectivity index (χ4n) is 3.26. The van der Waals surface area contributed by atoms with Gasteiger partial charge in [-0.2, -0.15) is 0 Å². The first-order valence-corrected chi connectivity index (χ1v) is 9.80. The fourth-order valence-corrected chi connectivity index (χ4v) is 4.20. The number of imidazole rings is 1. The number of aromatic nitrogens is 3. The maximum absolute atomic E-state index is 13.0. The van der Waals surface area contributed by atoms with Crippen molar-refractivity contribution in [2.75, 3.05) is 7.11 Å². The van der Waals surface area contributed by atoms with Gasteiger partial charge in [-0.1, -0.05) is 11.8 Å². The summed E-state index contributed by atoms with van der Waals surface area (Å²) < 4.78 is 7.13. The van der Waals surface area contributed by atoms with Crippen molar-refractivity contribution in [1.82, 2.24) is 14.5 Å². The highest BCUT2D eigenvalue weighted by atomic mass is 32.2. The molecule has 3 rings (SSSR count). The lowest BCUT2D eigenvalue weighted by molar-refractivity contribution is 0.0988. The van der Waals surface area contributed by atoms with Crippen LogP contribution in [0.1, 0.15) is 46.0 Å². The summed E-state index contributed by atoms with van der Waals surface area (Å²) in [5, 5.41) is 0.356. The molecule has 28 heavy (non-hydrogen) atoms. The van der Waals surface area contributed by atoms with Gasteiger partial charge in [0.25, 0.3) is 0 Å². The summed E-state index contributed by atoms with van der Waals surface area (Å²) in [6, 6.07) is 7.64. The van der Waals surface area contributed by atoms with Crippen molar-refractivity contribution in [3.8, 4) is 11.4 Å². The van der Waals surface area contributed by atoms with Crippen molar-refractivity contribution in [2.45, 2.75) is 38.1 Å². The maximum Gasteiger partial charge on any atom is 0.192 e. The number of aromatic amines is 1. The molecule has 0 saturated heterocycles. The number of benzene rings is 1. The summed E-state index contributed by atoms with van der Waals surface area (Å²) >= 11 is 1.38. The predicted molar refractivity (Wildman–Crippen MR) is 110 cm³/mol. The largest absolute Gasteiger partial charge is 0.497 e. The van der Waals surface area contributed by atoms with Crippen LogP contribution in [0.4, 0.5) is 0 Å². The van der Waals surface area contributed by atoms with E-state index in [0.717, 1.165) is 22.3 Å². The summed E-state index contributed by atoms with van der Waals surface area (Å²) in [5.74, 6) is 0.684. The Hall–Kier alpha value is -2.80. The Morgan fingerprint density at radius 1 is 1.21 bits per heavy atom. The van der Waals surface area contributed by atoms with Gasteiger partial charge in [-0.05, 0) is 57.5 Å². The zero-order valence-corrected chi connectivity index (χ0v) is 17.4. The molecule has 146 valence electrons. The lowest BCUT2D eigenvalue weighted by Crippen LogP contribution is -2.16. The molecular formula is C21H23N3O3S. The third kappa shape index (κ3) is 3.75. The van der Waals surface area contributed by atoms with Crippen LogP contribution in [-0.2, 0) is 0 Å². The van der Waals surface area contributed by atoms with Gasteiger partial charge >= 0.3 is 0 Å². The Balaban J connectivity index is 1.83. The van der Waals surface area contributed by atoms with E-state index in [9.17, 15) is 9.59 Å². The lowest BCUT2D eigenvalue weighted by atomic mass is 10.0. The van der Waals surface area contributed by atoms with Crippen LogP contribution >= 0.6 is 11.8 Å². The van der Waals surface area contributed by atoms with E-state index in [1.807, 2.05) is 55.8 Å². The van der Waals surface area contributed by atoms with E-state index >= 15 is 0 Å². The van der Waals surface area contributed by atoms with E-state index in [2.05, 4.69) is 9.97 Å². The number of methoxy groups -OCH3 is 1. The Bertz CT molecular complexity index is 1020. The molecule has 1 N–H and O–H groups in total. The van der Waals surface area contributed by atoms with Crippen LogP contribution in [0.2, 0.25) is 0 Å². The number of nitrogens with one attached hydrogen (secondary N) is 1. The van der Waals surface area contributed by atoms with E-state index in [1.54, 1.807) is 13.3 Å². The van der Waals surface area contributed by atoms with Crippen LogP contribution in [0.15, 0.2) is 41.8 Å². The number of ether oxygens (including phenoxy) is 1. The average Bonchev–Trinajstić information content (AvgIpc) is 3.24. The molecular weight excluding hydrogens is 374 g/mol. The number of H-pyrrole nitrogens is 1. The fraction of sp³-hybridized carbons (Fsp3) is 0.286. The minimum Gasteiger partial charge on any atom is -0.497 e. The normalized spacial score (nSPS) is 12.0. The number of thioether (sulfide) groups is 1. The quantitative estimate of drug-likeness (QED) is 0.472. The van der Waals surface area contributed by atoms with Gasteiger partial charge in [-0.3, -0.25) is 14.2 Å². The summed E-state index contributed by atoms with van der Waals surface area (Å²) in [7, 11) is 1.63. The standard InChI is InChI=1S/C21H23N3O3S/c1-12-18(14(3)25)13(2)23-19(12)20(26)15(4)28-21-22-10-11-24(21)16-6-8-17(27-5)9-7-16/h6-11,15,23H,1-5H3. The highest BCUT2D eigenvalue weighted by Gasteiger charge is 2.25. The topological polar surface area (TPSA) is 77.0 Å². The van der Waals surface area contributed by atoms with E-state index < -0.39 is 0 Å². The molecule has 6 nitrogen and oxygen atoms in total. The first kappa shape index (κ1) is 19.9. The third-order valence-electron chi connectivity index (χ3n) is 4.64. The van der Waals surface area contributed by atoms with Crippen molar-refractivity contribution in [3.63, 3.8) is 0 Å². The molecule has 1 aromatic carbocycles. The van der Waals surface area contributed by atoms with Crippen LogP contribution in [0, 0.1) is 13.8 Å². The third-order valence-corrected chi connectivity index (χ3v) is 5.73. The van der Waals surface area contributed by atoms with E-state index in [0.29, 0.717) is 16.8 Å². The zero-order valence-electron chi connectivity index (χ0n) is 16.6. The number of ketones is 2. The van der Waals surface area contributed by atoms with Crippen LogP contribution < -0.4 is 4.74 Å². The lowest BCUT2D eigenvalue weighted by Gasteiger charge is -2.12. The molecule has 0 aliphatic carbocycles. The van der Waals surface area contributed by atoms with Crippen molar-refractivity contribution >= 4 is 23.3 Å². The molecule has 1 unspecified atom stereocenters. The number of carbonyl (C=O) groups excluding carboxylic acids is 2. The van der Waals surface area contributed by atoms with Gasteiger partial charge in [0.05, 0.1) is 18.1 Å². The molecule has 3 aromatic rings. The van der Waals surface area contributed by atoms with Crippen LogP contribution in [0.3, 0.4) is 0 Å². The summed E-state index contributed by atoms with van der Waals surface area (Å²) in [5.41, 5.74) is 3.46. The van der Waals surface area contributed by atoms with E-state index in [4.69, 9.17) is 4.74 Å². The highest BCUT2D eigenvalue weighted by molar-refractivity contribution is 8.00. The van der Waals surface area contributed by atoms with Crippen LogP contribution in [0.5, 0.6) is 5.75 Å². The Kier molecular flexibility index (Phi) is 5.74. The molecule has 0 aliphatic heterocycles. The van der Waals surface area contributed by atoms with Gasteiger partial charge in [0.2, 0.25) is 0 Å². The SMILES string of the molecule is COc1ccc(-n2ccnc2SC(C)C(=O)c2[nH]c(C)c(C(C)=O)c2C)cc1. The first-order chi connectivity index (χ1) is 13.3. The zero-order chi connectivity index (χ0) is 20.4. The second kappa shape index (κ2) is 8.06. The van der Waals surface area contributed by atoms with Crippen LogP contribution in [0.25, 0.3) is 5.69 Å². The van der Waals surface area contributed by atoms with Gasteiger partial charge in [0, 0.05) is 29.3 Å². The van der Waals surface area contributed by atoms with Gasteiger partial charge in [-0.15, -0.1) is 0 Å². The molecule has 0 spiro atoms. The minimum atomic E-state index is -0.365. The molecule has 2 aromatic heterocycles. The smallest absolute Gasteiger partial charge is 0.192 e. The number of hydrogen-bond acceptors (Lipinski definition) is 5. The molecule has 0 saturated carbocycles. The number of Topliss-reactive ketones (excluding diaryl/α,β-unsaturated/α-hetero) is 2. The Morgan fingerprint density at radius 3 is 2.46 bits per heavy atom. The maximum atomic E-state index is 13.0. The number of nitrogens with zero attached hydrogens (tertiary/aromatic N) is 2. The molecule has 0 amide bonds. The number of hydrogen-bond donors (Lipinski definition) is 1. The molecule has 1 atom stereocenters. The molecule has 2 heterocycles. The second-order valence-corrected chi connectivity index (χ2v) is 7.89. The highest BCUT2D eigenvalue weighted by Crippen LogP contribution is 2.29. The van der Waals surface area contributed by atoms with Gasteiger partial charge in [-0.25, -0.2) is 4.98 Å². The Morgan fingerprint density at radius 2 is 1.89 bits per heavy atom. The second-order valence-electron chi connectivity index (χ2n) is 6.58. The average molecular weight is 398 g/mol. The van der Waals surface area contributed by atoms with Gasteiger partial charge < -0.3 is 9.72 Å². The monoisotopic (exact) mass is 397 g/mol. The molecule has 0 aliphatic rings. The van der Waals surface area contributed by atoms with Crippen molar-refractivity contribution in [2.24, 2.45) is 0 Å². The number of aryl methyl sites for hydroxylation is 1. The Labute approximate surface area is 168 Å². The van der Waals surface area contributed by atoms with E-state index in [1.165, 1.54) is 18.7 Å². The number of carbonyl (C=O) groups is 2. The summed E-state index contributed by atoms with van der Waals surface area (Å²) in [6.45, 7) is 6.99.